The molecule has 0 unspecified atom stereocenters. The molecular weight excluding hydrogens is 281 g/mol. The minimum atomic E-state index is -4.51. The number of anilines is 1. The molecule has 19 heavy (non-hydrogen) atoms. The first kappa shape index (κ1) is 15.6. The van der Waals surface area contributed by atoms with Crippen molar-refractivity contribution in [1.82, 2.24) is 5.43 Å². The van der Waals surface area contributed by atoms with Crippen molar-refractivity contribution in [2.75, 3.05) is 11.9 Å². The van der Waals surface area contributed by atoms with Crippen molar-refractivity contribution in [3.8, 4) is 0 Å². The van der Waals surface area contributed by atoms with Crippen LogP contribution < -0.4 is 16.6 Å². The SMILES string of the molecule is CCCN=C(NN)Nc1ccc(Cl)c(C(F)(F)F)c1. The van der Waals surface area contributed by atoms with Crippen molar-refractivity contribution in [3.05, 3.63) is 28.8 Å². The average molecular weight is 295 g/mol. The number of aliphatic imine (C=N–C) groups is 1. The Hall–Kier alpha value is -1.47. The van der Waals surface area contributed by atoms with Gasteiger partial charge in [-0.15, -0.1) is 0 Å². The van der Waals surface area contributed by atoms with Crippen molar-refractivity contribution < 1.29 is 13.2 Å². The Balaban J connectivity index is 2.97. The van der Waals surface area contributed by atoms with Crippen LogP contribution in [0.4, 0.5) is 18.9 Å². The van der Waals surface area contributed by atoms with Gasteiger partial charge in [-0.2, -0.15) is 13.2 Å². The summed E-state index contributed by atoms with van der Waals surface area (Å²) in [4.78, 5) is 4.03. The fraction of sp³-hybridized carbons (Fsp3) is 0.364. The average Bonchev–Trinajstić information content (AvgIpc) is 2.35. The van der Waals surface area contributed by atoms with Crippen LogP contribution in [0.5, 0.6) is 0 Å². The van der Waals surface area contributed by atoms with Crippen LogP contribution in [0.1, 0.15) is 18.9 Å². The summed E-state index contributed by atoms with van der Waals surface area (Å²) >= 11 is 5.52. The molecule has 0 aliphatic rings. The molecule has 0 aliphatic carbocycles. The monoisotopic (exact) mass is 294 g/mol. The molecule has 4 N–H and O–H groups in total. The number of hydrogen-bond donors (Lipinski definition) is 3. The highest BCUT2D eigenvalue weighted by atomic mass is 35.5. The number of guanidine groups is 1. The lowest BCUT2D eigenvalue weighted by atomic mass is 10.2. The molecule has 0 bridgehead atoms. The molecule has 4 nitrogen and oxygen atoms in total. The Morgan fingerprint density at radius 1 is 1.42 bits per heavy atom. The molecule has 0 heterocycles. The van der Waals surface area contributed by atoms with E-state index in [0.717, 1.165) is 12.5 Å². The molecule has 8 heteroatoms. The van der Waals surface area contributed by atoms with E-state index in [9.17, 15) is 13.2 Å². The van der Waals surface area contributed by atoms with Gasteiger partial charge >= 0.3 is 6.18 Å². The molecule has 1 aromatic carbocycles. The van der Waals surface area contributed by atoms with Gasteiger partial charge in [-0.3, -0.25) is 10.4 Å². The first-order valence-corrected chi connectivity index (χ1v) is 5.91. The second-order valence-electron chi connectivity index (χ2n) is 3.69. The molecule has 0 saturated heterocycles. The normalized spacial score (nSPS) is 12.4. The van der Waals surface area contributed by atoms with Gasteiger partial charge in [-0.1, -0.05) is 18.5 Å². The van der Waals surface area contributed by atoms with Crippen molar-refractivity contribution in [2.24, 2.45) is 10.8 Å². The zero-order valence-corrected chi connectivity index (χ0v) is 10.9. The van der Waals surface area contributed by atoms with Gasteiger partial charge in [-0.25, -0.2) is 5.84 Å². The Bertz CT molecular complexity index is 460. The summed E-state index contributed by atoms with van der Waals surface area (Å²) in [7, 11) is 0. The third kappa shape index (κ3) is 4.60. The van der Waals surface area contributed by atoms with Gasteiger partial charge in [0.05, 0.1) is 10.6 Å². The van der Waals surface area contributed by atoms with Crippen molar-refractivity contribution in [1.29, 1.82) is 0 Å². The molecule has 0 amide bonds. The Kier molecular flexibility index (Phi) is 5.44. The fourth-order valence-electron chi connectivity index (χ4n) is 1.30. The van der Waals surface area contributed by atoms with Crippen LogP contribution >= 0.6 is 11.6 Å². The molecule has 0 fully saturated rings. The number of hydrazine groups is 1. The van der Waals surface area contributed by atoms with E-state index < -0.39 is 11.7 Å². The summed E-state index contributed by atoms with van der Waals surface area (Å²) in [5.41, 5.74) is 1.57. The molecular formula is C11H14ClF3N4. The van der Waals surface area contributed by atoms with Crippen LogP contribution in [-0.4, -0.2) is 12.5 Å². The largest absolute Gasteiger partial charge is 0.417 e. The number of nitrogens with zero attached hydrogens (tertiary/aromatic N) is 1. The number of alkyl halides is 3. The zero-order valence-electron chi connectivity index (χ0n) is 10.2. The van der Waals surface area contributed by atoms with E-state index >= 15 is 0 Å². The van der Waals surface area contributed by atoms with Gasteiger partial charge in [0.25, 0.3) is 0 Å². The van der Waals surface area contributed by atoms with E-state index in [2.05, 4.69) is 15.7 Å². The number of benzene rings is 1. The van der Waals surface area contributed by atoms with Crippen LogP contribution in [0.25, 0.3) is 0 Å². The molecule has 1 rings (SSSR count). The van der Waals surface area contributed by atoms with Crippen LogP contribution in [0.3, 0.4) is 0 Å². The summed E-state index contributed by atoms with van der Waals surface area (Å²) in [5.74, 6) is 5.42. The van der Waals surface area contributed by atoms with Gasteiger partial charge in [-0.05, 0) is 24.6 Å². The Morgan fingerprint density at radius 3 is 2.63 bits per heavy atom. The van der Waals surface area contributed by atoms with Gasteiger partial charge in [0.2, 0.25) is 5.96 Å². The third-order valence-corrected chi connectivity index (χ3v) is 2.49. The maximum absolute atomic E-state index is 12.7. The number of hydrogen-bond acceptors (Lipinski definition) is 2. The van der Waals surface area contributed by atoms with Crippen LogP contribution in [-0.2, 0) is 6.18 Å². The van der Waals surface area contributed by atoms with Gasteiger partial charge < -0.3 is 5.32 Å². The standard InChI is InChI=1S/C11H14ClF3N4/c1-2-5-17-10(19-16)18-7-3-4-9(12)8(6-7)11(13,14)15/h3-4,6H,2,5,16H2,1H3,(H2,17,18,19). The van der Waals surface area contributed by atoms with Crippen LogP contribution in [0.2, 0.25) is 5.02 Å². The molecule has 106 valence electrons. The van der Waals surface area contributed by atoms with Crippen LogP contribution in [0.15, 0.2) is 23.2 Å². The molecule has 1 aromatic rings. The molecule has 0 atom stereocenters. The lowest BCUT2D eigenvalue weighted by molar-refractivity contribution is -0.137. The molecule has 0 aliphatic heterocycles. The summed E-state index contributed by atoms with van der Waals surface area (Å²) in [6.07, 6.45) is -3.72. The lowest BCUT2D eigenvalue weighted by Crippen LogP contribution is -2.36. The second kappa shape index (κ2) is 6.63. The minimum Gasteiger partial charge on any atom is -0.325 e. The highest BCUT2D eigenvalue weighted by Crippen LogP contribution is 2.36. The molecule has 0 radical (unpaired) electrons. The van der Waals surface area contributed by atoms with Gasteiger partial charge in [0, 0.05) is 12.2 Å². The van der Waals surface area contributed by atoms with E-state index in [1.165, 1.54) is 12.1 Å². The Morgan fingerprint density at radius 2 is 2.11 bits per heavy atom. The van der Waals surface area contributed by atoms with Crippen LogP contribution in [0, 0.1) is 0 Å². The highest BCUT2D eigenvalue weighted by Gasteiger charge is 2.33. The smallest absolute Gasteiger partial charge is 0.325 e. The number of nitrogens with two attached hydrogens (primary N) is 1. The summed E-state index contributed by atoms with van der Waals surface area (Å²) in [6, 6.07) is 3.48. The van der Waals surface area contributed by atoms with Crippen molar-refractivity contribution in [2.45, 2.75) is 19.5 Å². The fourth-order valence-corrected chi connectivity index (χ4v) is 1.53. The number of halogens is 4. The lowest BCUT2D eigenvalue weighted by Gasteiger charge is -2.13. The van der Waals surface area contributed by atoms with E-state index in [0.29, 0.717) is 6.54 Å². The first-order valence-electron chi connectivity index (χ1n) is 5.53. The topological polar surface area (TPSA) is 62.4 Å². The predicted molar refractivity (Wildman–Crippen MR) is 70.0 cm³/mol. The summed E-state index contributed by atoms with van der Waals surface area (Å²) in [5, 5.41) is 2.30. The van der Waals surface area contributed by atoms with E-state index in [1.807, 2.05) is 6.92 Å². The van der Waals surface area contributed by atoms with Crippen molar-refractivity contribution in [3.63, 3.8) is 0 Å². The van der Waals surface area contributed by atoms with E-state index in [4.69, 9.17) is 17.4 Å². The molecule has 0 saturated carbocycles. The van der Waals surface area contributed by atoms with Gasteiger partial charge in [0.1, 0.15) is 0 Å². The van der Waals surface area contributed by atoms with Gasteiger partial charge in [0.15, 0.2) is 0 Å². The summed E-state index contributed by atoms with van der Waals surface area (Å²) in [6.45, 7) is 2.42. The quantitative estimate of drug-likeness (QED) is 0.347. The predicted octanol–water partition coefficient (Wildman–Crippen LogP) is 3.00. The summed E-state index contributed by atoms with van der Waals surface area (Å²) < 4.78 is 38.0. The number of rotatable bonds is 3. The third-order valence-electron chi connectivity index (χ3n) is 2.16. The first-order chi connectivity index (χ1) is 8.88. The zero-order chi connectivity index (χ0) is 14.5. The maximum Gasteiger partial charge on any atom is 0.417 e. The van der Waals surface area contributed by atoms with E-state index in [1.54, 1.807) is 0 Å². The number of nitrogens with one attached hydrogen (secondary N) is 2. The second-order valence-corrected chi connectivity index (χ2v) is 4.10. The Labute approximate surface area is 113 Å². The van der Waals surface area contributed by atoms with Crippen molar-refractivity contribution >= 4 is 23.2 Å². The maximum atomic E-state index is 12.7. The molecule has 0 spiro atoms. The highest BCUT2D eigenvalue weighted by molar-refractivity contribution is 6.31. The van der Waals surface area contributed by atoms with E-state index in [-0.39, 0.29) is 16.7 Å². The minimum absolute atomic E-state index is 0.192. The molecule has 0 aromatic heterocycles.